The maximum absolute atomic E-state index is 10.7. The zero-order chi connectivity index (χ0) is 9.40. The van der Waals surface area contributed by atoms with Gasteiger partial charge in [-0.3, -0.25) is 10.2 Å². The number of ether oxygens (including phenoxy) is 1. The second kappa shape index (κ2) is 6.41. The van der Waals surface area contributed by atoms with E-state index in [1.165, 1.54) is 6.92 Å². The van der Waals surface area contributed by atoms with Crippen LogP contribution in [-0.4, -0.2) is 32.2 Å². The normalized spacial score (nSPS) is 8.83. The van der Waals surface area contributed by atoms with Crippen LogP contribution in [0.2, 0.25) is 0 Å². The molecule has 0 aliphatic heterocycles. The van der Waals surface area contributed by atoms with E-state index in [4.69, 9.17) is 0 Å². The topological polar surface area (TPSA) is 79.5 Å². The lowest BCUT2D eigenvalue weighted by Crippen LogP contribution is -2.43. The van der Waals surface area contributed by atoms with Gasteiger partial charge in [0.15, 0.2) is 0 Å². The Hall–Kier alpha value is -1.30. The SMILES string of the molecule is CNNC(=O)NCCOC(C)=O. The number of rotatable bonds is 4. The smallest absolute Gasteiger partial charge is 0.329 e. The van der Waals surface area contributed by atoms with Crippen molar-refractivity contribution in [1.82, 2.24) is 16.2 Å². The van der Waals surface area contributed by atoms with Gasteiger partial charge in [0, 0.05) is 14.0 Å². The van der Waals surface area contributed by atoms with Crippen molar-refractivity contribution < 1.29 is 14.3 Å². The van der Waals surface area contributed by atoms with Crippen molar-refractivity contribution in [2.24, 2.45) is 0 Å². The van der Waals surface area contributed by atoms with Crippen molar-refractivity contribution >= 4 is 12.0 Å². The van der Waals surface area contributed by atoms with E-state index >= 15 is 0 Å². The number of hydrazine groups is 1. The number of hydrogen-bond donors (Lipinski definition) is 3. The molecule has 0 unspecified atom stereocenters. The van der Waals surface area contributed by atoms with Crippen LogP contribution in [0.25, 0.3) is 0 Å². The fraction of sp³-hybridized carbons (Fsp3) is 0.667. The van der Waals surface area contributed by atoms with Gasteiger partial charge in [-0.05, 0) is 0 Å². The van der Waals surface area contributed by atoms with E-state index in [1.807, 2.05) is 0 Å². The molecular weight excluding hydrogens is 162 g/mol. The first-order chi connectivity index (χ1) is 5.66. The number of urea groups is 1. The monoisotopic (exact) mass is 175 g/mol. The van der Waals surface area contributed by atoms with Gasteiger partial charge in [0.25, 0.3) is 0 Å². The summed E-state index contributed by atoms with van der Waals surface area (Å²) in [6.07, 6.45) is 0. The Morgan fingerprint density at radius 1 is 1.42 bits per heavy atom. The van der Waals surface area contributed by atoms with Crippen molar-refractivity contribution in [3.63, 3.8) is 0 Å². The lowest BCUT2D eigenvalue weighted by Gasteiger charge is -2.05. The minimum atomic E-state index is -0.357. The second-order valence-electron chi connectivity index (χ2n) is 1.97. The third-order valence-corrected chi connectivity index (χ3v) is 0.931. The molecule has 6 heteroatoms. The van der Waals surface area contributed by atoms with Gasteiger partial charge in [0.05, 0.1) is 6.54 Å². The summed E-state index contributed by atoms with van der Waals surface area (Å²) < 4.78 is 4.57. The lowest BCUT2D eigenvalue weighted by molar-refractivity contribution is -0.140. The predicted molar refractivity (Wildman–Crippen MR) is 42.2 cm³/mol. The molecule has 0 aromatic rings. The average Bonchev–Trinajstić information content (AvgIpc) is 1.98. The zero-order valence-corrected chi connectivity index (χ0v) is 7.14. The summed E-state index contributed by atoms with van der Waals surface area (Å²) >= 11 is 0. The van der Waals surface area contributed by atoms with Gasteiger partial charge in [-0.15, -0.1) is 0 Å². The highest BCUT2D eigenvalue weighted by molar-refractivity contribution is 5.73. The van der Waals surface area contributed by atoms with Gasteiger partial charge in [-0.25, -0.2) is 10.2 Å². The molecule has 3 N–H and O–H groups in total. The Bertz CT molecular complexity index is 160. The van der Waals surface area contributed by atoms with Crippen LogP contribution >= 0.6 is 0 Å². The number of carbonyl (C=O) groups excluding carboxylic acids is 2. The summed E-state index contributed by atoms with van der Waals surface area (Å²) in [5, 5.41) is 2.45. The highest BCUT2D eigenvalue weighted by atomic mass is 16.5. The van der Waals surface area contributed by atoms with Crippen molar-refractivity contribution in [3.8, 4) is 0 Å². The van der Waals surface area contributed by atoms with E-state index in [-0.39, 0.29) is 18.6 Å². The van der Waals surface area contributed by atoms with E-state index in [0.29, 0.717) is 6.54 Å². The fourth-order valence-corrected chi connectivity index (χ4v) is 0.517. The molecule has 0 spiro atoms. The molecule has 0 aliphatic carbocycles. The molecule has 0 fully saturated rings. The standard InChI is InChI=1S/C6H13N3O3/c1-5(10)12-4-3-8-6(11)9-7-2/h7H,3-4H2,1-2H3,(H2,8,9,11). The van der Waals surface area contributed by atoms with E-state index < -0.39 is 0 Å². The van der Waals surface area contributed by atoms with Gasteiger partial charge in [0.2, 0.25) is 0 Å². The average molecular weight is 175 g/mol. The van der Waals surface area contributed by atoms with Crippen LogP contribution in [0.1, 0.15) is 6.92 Å². The van der Waals surface area contributed by atoms with Crippen LogP contribution in [0.5, 0.6) is 0 Å². The maximum Gasteiger partial charge on any atom is 0.329 e. The lowest BCUT2D eigenvalue weighted by atomic mass is 10.6. The van der Waals surface area contributed by atoms with Gasteiger partial charge < -0.3 is 10.1 Å². The molecule has 0 atom stereocenters. The molecule has 0 saturated heterocycles. The highest BCUT2D eigenvalue weighted by Gasteiger charge is 1.96. The zero-order valence-electron chi connectivity index (χ0n) is 7.14. The van der Waals surface area contributed by atoms with Crippen LogP contribution in [0, 0.1) is 0 Å². The Morgan fingerprint density at radius 2 is 2.08 bits per heavy atom. The molecule has 12 heavy (non-hydrogen) atoms. The number of esters is 1. The summed E-state index contributed by atoms with van der Waals surface area (Å²) in [6, 6.07) is -0.357. The molecule has 0 saturated carbocycles. The first-order valence-corrected chi connectivity index (χ1v) is 3.50. The number of hydrogen-bond acceptors (Lipinski definition) is 4. The van der Waals surface area contributed by atoms with E-state index in [0.717, 1.165) is 0 Å². The fourth-order valence-electron chi connectivity index (χ4n) is 0.517. The molecular formula is C6H13N3O3. The van der Waals surface area contributed by atoms with E-state index in [9.17, 15) is 9.59 Å². The van der Waals surface area contributed by atoms with Crippen LogP contribution in [0.4, 0.5) is 4.79 Å². The molecule has 0 aromatic heterocycles. The van der Waals surface area contributed by atoms with Gasteiger partial charge in [-0.2, -0.15) is 0 Å². The Labute approximate surface area is 70.6 Å². The third kappa shape index (κ3) is 6.81. The minimum Gasteiger partial charge on any atom is -0.464 e. The van der Waals surface area contributed by atoms with Crippen molar-refractivity contribution in [3.05, 3.63) is 0 Å². The number of amides is 2. The van der Waals surface area contributed by atoms with Crippen LogP contribution in [-0.2, 0) is 9.53 Å². The Balaban J connectivity index is 3.19. The van der Waals surface area contributed by atoms with Crippen molar-refractivity contribution in [2.75, 3.05) is 20.2 Å². The predicted octanol–water partition coefficient (Wildman–Crippen LogP) is -1.02. The summed E-state index contributed by atoms with van der Waals surface area (Å²) in [4.78, 5) is 20.9. The number of nitrogens with one attached hydrogen (secondary N) is 3. The van der Waals surface area contributed by atoms with Crippen LogP contribution < -0.4 is 16.2 Å². The molecule has 2 amide bonds. The molecule has 0 rings (SSSR count). The van der Waals surface area contributed by atoms with Gasteiger partial charge >= 0.3 is 12.0 Å². The third-order valence-electron chi connectivity index (χ3n) is 0.931. The van der Waals surface area contributed by atoms with Crippen molar-refractivity contribution in [1.29, 1.82) is 0 Å². The van der Waals surface area contributed by atoms with Crippen LogP contribution in [0.3, 0.4) is 0 Å². The Kier molecular flexibility index (Phi) is 5.72. The first kappa shape index (κ1) is 10.7. The Morgan fingerprint density at radius 3 is 2.58 bits per heavy atom. The molecule has 0 radical (unpaired) electrons. The summed E-state index contributed by atoms with van der Waals surface area (Å²) in [5.74, 6) is -0.356. The molecule has 0 heterocycles. The molecule has 0 bridgehead atoms. The number of carbonyl (C=O) groups is 2. The van der Waals surface area contributed by atoms with Crippen LogP contribution in [0.15, 0.2) is 0 Å². The van der Waals surface area contributed by atoms with Gasteiger partial charge in [0.1, 0.15) is 6.61 Å². The molecule has 0 aromatic carbocycles. The summed E-state index contributed by atoms with van der Waals surface area (Å²) in [7, 11) is 1.58. The first-order valence-electron chi connectivity index (χ1n) is 3.50. The molecule has 70 valence electrons. The maximum atomic E-state index is 10.7. The van der Waals surface area contributed by atoms with Gasteiger partial charge in [-0.1, -0.05) is 0 Å². The van der Waals surface area contributed by atoms with E-state index in [1.54, 1.807) is 7.05 Å². The minimum absolute atomic E-state index is 0.187. The highest BCUT2D eigenvalue weighted by Crippen LogP contribution is 1.73. The van der Waals surface area contributed by atoms with E-state index in [2.05, 4.69) is 20.9 Å². The summed E-state index contributed by atoms with van der Waals surface area (Å²) in [6.45, 7) is 1.80. The summed E-state index contributed by atoms with van der Waals surface area (Å²) in [5.41, 5.74) is 4.74. The second-order valence-corrected chi connectivity index (χ2v) is 1.97. The molecule has 0 aliphatic rings. The molecule has 6 nitrogen and oxygen atoms in total. The largest absolute Gasteiger partial charge is 0.464 e. The van der Waals surface area contributed by atoms with Crippen molar-refractivity contribution in [2.45, 2.75) is 6.92 Å². The quantitative estimate of drug-likeness (QED) is 0.290.